The molecule has 2 aromatic rings. The van der Waals surface area contributed by atoms with Crippen LogP contribution in [0.1, 0.15) is 17.4 Å². The van der Waals surface area contributed by atoms with Crippen LogP contribution in [0.5, 0.6) is 0 Å². The van der Waals surface area contributed by atoms with Crippen LogP contribution in [0.4, 0.5) is 14.5 Å². The number of primary amides is 1. The van der Waals surface area contributed by atoms with Crippen LogP contribution >= 0.6 is 0 Å². The van der Waals surface area contributed by atoms with Crippen molar-refractivity contribution in [3.05, 3.63) is 47.8 Å². The van der Waals surface area contributed by atoms with Crippen LogP contribution in [0.25, 0.3) is 0 Å². The molecule has 2 rings (SSSR count). The molecule has 1 atom stereocenters. The van der Waals surface area contributed by atoms with E-state index >= 15 is 0 Å². The van der Waals surface area contributed by atoms with Crippen molar-refractivity contribution >= 4 is 33.5 Å². The second-order valence-corrected chi connectivity index (χ2v) is 7.45. The van der Waals surface area contributed by atoms with Gasteiger partial charge in [-0.15, -0.1) is 0 Å². The Kier molecular flexibility index (Phi) is 6.66. The van der Waals surface area contributed by atoms with Gasteiger partial charge in [-0.2, -0.15) is 4.72 Å². The van der Waals surface area contributed by atoms with Crippen molar-refractivity contribution in [2.45, 2.75) is 17.9 Å². The molecule has 0 radical (unpaired) electrons. The molecule has 0 aliphatic heterocycles. The fourth-order valence-corrected chi connectivity index (χ4v) is 2.99. The number of amides is 2. The summed E-state index contributed by atoms with van der Waals surface area (Å²) in [6.45, 7) is 0.329. The number of benzene rings is 1. The number of carbonyl (C=O) groups is 3. The smallest absolute Gasteiger partial charge is 0.321 e. The number of rotatable bonds is 8. The van der Waals surface area contributed by atoms with Crippen LogP contribution in [-0.4, -0.2) is 43.8 Å². The Labute approximate surface area is 163 Å². The van der Waals surface area contributed by atoms with Crippen LogP contribution in [0.3, 0.4) is 0 Å². The molecule has 0 spiro atoms. The number of halogens is 2. The van der Waals surface area contributed by atoms with Gasteiger partial charge in [0.05, 0.1) is 5.69 Å². The number of esters is 1. The molecule has 0 unspecified atom stereocenters. The molecule has 1 aromatic carbocycles. The van der Waals surface area contributed by atoms with Crippen molar-refractivity contribution in [2.75, 3.05) is 11.9 Å². The number of sulfonamides is 1. The summed E-state index contributed by atoms with van der Waals surface area (Å²) in [6.07, 6.45) is -0.430. The molecule has 5 N–H and O–H groups in total. The van der Waals surface area contributed by atoms with Crippen molar-refractivity contribution in [3.8, 4) is 0 Å². The number of H-pyrrole nitrogens is 1. The van der Waals surface area contributed by atoms with Gasteiger partial charge < -0.3 is 20.8 Å². The summed E-state index contributed by atoms with van der Waals surface area (Å²) in [5.74, 6) is -4.62. The highest BCUT2D eigenvalue weighted by molar-refractivity contribution is 7.89. The number of ether oxygens (including phenoxy) is 1. The summed E-state index contributed by atoms with van der Waals surface area (Å²) in [4.78, 5) is 36.7. The van der Waals surface area contributed by atoms with Crippen molar-refractivity contribution in [2.24, 2.45) is 5.73 Å². The molecule has 29 heavy (non-hydrogen) atoms. The third-order valence-electron chi connectivity index (χ3n) is 3.50. The Morgan fingerprint density at radius 2 is 1.93 bits per heavy atom. The topological polar surface area (TPSA) is 160 Å². The highest BCUT2D eigenvalue weighted by atomic mass is 32.2. The molecule has 0 aliphatic carbocycles. The lowest BCUT2D eigenvalue weighted by molar-refractivity contribution is -0.151. The zero-order chi connectivity index (χ0) is 21.8. The quantitative estimate of drug-likeness (QED) is 0.439. The van der Waals surface area contributed by atoms with Crippen molar-refractivity contribution in [1.82, 2.24) is 9.71 Å². The highest BCUT2D eigenvalue weighted by Gasteiger charge is 2.22. The lowest BCUT2D eigenvalue weighted by Gasteiger charge is -2.14. The number of hydrogen-bond acceptors (Lipinski definition) is 6. The van der Waals surface area contributed by atoms with Gasteiger partial charge in [-0.25, -0.2) is 17.2 Å². The van der Waals surface area contributed by atoms with Gasteiger partial charge in [0, 0.05) is 12.3 Å². The van der Waals surface area contributed by atoms with Crippen LogP contribution in [0, 0.1) is 11.6 Å². The van der Waals surface area contributed by atoms with Crippen LogP contribution in [0.15, 0.2) is 35.4 Å². The van der Waals surface area contributed by atoms with Crippen molar-refractivity contribution in [1.29, 1.82) is 0 Å². The maximum atomic E-state index is 13.5. The van der Waals surface area contributed by atoms with Gasteiger partial charge in [-0.1, -0.05) is 0 Å². The lowest BCUT2D eigenvalue weighted by atomic mass is 10.2. The average Bonchev–Trinajstić information content (AvgIpc) is 3.14. The van der Waals surface area contributed by atoms with E-state index in [1.807, 2.05) is 10.0 Å². The fourth-order valence-electron chi connectivity index (χ4n) is 2.03. The van der Waals surface area contributed by atoms with E-state index in [0.29, 0.717) is 0 Å². The Morgan fingerprint density at radius 1 is 1.24 bits per heavy atom. The van der Waals surface area contributed by atoms with Crippen molar-refractivity contribution in [3.63, 3.8) is 0 Å². The van der Waals surface area contributed by atoms with E-state index in [2.05, 4.69) is 4.98 Å². The third-order valence-corrected chi connectivity index (χ3v) is 4.88. The minimum absolute atomic E-state index is 0.150. The molecular weight excluding hydrogens is 414 g/mol. The maximum absolute atomic E-state index is 13.5. The summed E-state index contributed by atoms with van der Waals surface area (Å²) >= 11 is 0. The number of aromatic nitrogens is 1. The Morgan fingerprint density at radius 3 is 2.55 bits per heavy atom. The van der Waals surface area contributed by atoms with E-state index in [9.17, 15) is 31.6 Å². The molecule has 0 saturated carbocycles. The maximum Gasteiger partial charge on any atom is 0.321 e. The molecule has 1 aromatic heterocycles. The molecule has 10 nitrogen and oxygen atoms in total. The minimum atomic E-state index is -4.16. The first kappa shape index (κ1) is 22.0. The number of carbonyl (C=O) groups excluding carboxylic acids is 3. The summed E-state index contributed by atoms with van der Waals surface area (Å²) in [5, 5.41) is 2.05. The zero-order valence-corrected chi connectivity index (χ0v) is 15.7. The first-order chi connectivity index (χ1) is 13.5. The Bertz CT molecular complexity index is 1050. The summed E-state index contributed by atoms with van der Waals surface area (Å²) in [7, 11) is -4.16. The Balaban J connectivity index is 1.91. The minimum Gasteiger partial charge on any atom is -0.452 e. The SMILES string of the molecule is C[C@@H](OC(=O)CNS(=O)(=O)c1c[nH]c(C(N)=O)c1)C(=O)Nc1cc(F)ccc1F. The van der Waals surface area contributed by atoms with Gasteiger partial charge in [-0.05, 0) is 25.1 Å². The monoisotopic (exact) mass is 430 g/mol. The number of hydrogen-bond donors (Lipinski definition) is 4. The molecule has 0 saturated heterocycles. The standard InChI is InChI=1S/C16H16F2N4O6S/c1-8(16(25)22-12-4-9(17)2-3-11(12)18)28-14(23)7-21-29(26,27)10-5-13(15(19)24)20-6-10/h2-6,8,20-21H,7H2,1H3,(H2,19,24)(H,22,25)/t8-/m1/s1. The fraction of sp³-hybridized carbons (Fsp3) is 0.188. The molecule has 0 aliphatic rings. The molecule has 156 valence electrons. The summed E-state index contributed by atoms with van der Waals surface area (Å²) < 4.78 is 57.4. The number of aromatic amines is 1. The van der Waals surface area contributed by atoms with E-state index in [4.69, 9.17) is 10.5 Å². The van der Waals surface area contributed by atoms with Crippen LogP contribution in [0.2, 0.25) is 0 Å². The van der Waals surface area contributed by atoms with Gasteiger partial charge in [-0.3, -0.25) is 14.4 Å². The third kappa shape index (κ3) is 5.83. The normalized spacial score (nSPS) is 12.2. The summed E-state index contributed by atoms with van der Waals surface area (Å²) in [6, 6.07) is 3.38. The van der Waals surface area contributed by atoms with Gasteiger partial charge in [0.1, 0.15) is 28.8 Å². The second kappa shape index (κ2) is 8.79. The van der Waals surface area contributed by atoms with Crippen LogP contribution < -0.4 is 15.8 Å². The summed E-state index contributed by atoms with van der Waals surface area (Å²) in [5.41, 5.74) is 4.41. The number of anilines is 1. The van der Waals surface area contributed by atoms with Gasteiger partial charge in [0.25, 0.3) is 11.8 Å². The van der Waals surface area contributed by atoms with E-state index in [1.54, 1.807) is 0 Å². The average molecular weight is 430 g/mol. The van der Waals surface area contributed by atoms with Gasteiger partial charge in [0.2, 0.25) is 10.0 Å². The zero-order valence-electron chi connectivity index (χ0n) is 14.9. The van der Waals surface area contributed by atoms with Gasteiger partial charge >= 0.3 is 5.97 Å². The Hall–Kier alpha value is -3.32. The van der Waals surface area contributed by atoms with E-state index < -0.39 is 57.8 Å². The van der Waals surface area contributed by atoms with E-state index in [1.165, 1.54) is 0 Å². The largest absolute Gasteiger partial charge is 0.452 e. The van der Waals surface area contributed by atoms with Gasteiger partial charge in [0.15, 0.2) is 6.10 Å². The van der Waals surface area contributed by atoms with E-state index in [-0.39, 0.29) is 10.6 Å². The van der Waals surface area contributed by atoms with Crippen LogP contribution in [-0.2, 0) is 24.3 Å². The number of nitrogens with two attached hydrogens (primary N) is 1. The molecule has 1 heterocycles. The molecule has 0 fully saturated rings. The predicted molar refractivity (Wildman–Crippen MR) is 95.0 cm³/mol. The highest BCUT2D eigenvalue weighted by Crippen LogP contribution is 2.16. The van der Waals surface area contributed by atoms with Crippen molar-refractivity contribution < 1.29 is 36.3 Å². The number of nitrogens with one attached hydrogen (secondary N) is 3. The molecular formula is C16H16F2N4O6S. The first-order valence-electron chi connectivity index (χ1n) is 7.93. The molecule has 0 bridgehead atoms. The predicted octanol–water partition coefficient (Wildman–Crippen LogP) is 0.241. The first-order valence-corrected chi connectivity index (χ1v) is 9.41. The molecule has 2 amide bonds. The lowest BCUT2D eigenvalue weighted by Crippen LogP contribution is -2.35. The second-order valence-electron chi connectivity index (χ2n) is 5.68. The molecule has 13 heteroatoms. The van der Waals surface area contributed by atoms with E-state index in [0.717, 1.165) is 37.4 Å².